The van der Waals surface area contributed by atoms with E-state index in [1.165, 1.54) is 6.08 Å². The zero-order chi connectivity index (χ0) is 19.2. The Balaban J connectivity index is 1.60. The highest BCUT2D eigenvalue weighted by Crippen LogP contribution is 2.18. The van der Waals surface area contributed by atoms with E-state index in [1.807, 2.05) is 38.1 Å². The minimum absolute atomic E-state index is 0.228. The largest absolute Gasteiger partial charge is 0.467 e. The fourth-order valence-electron chi connectivity index (χ4n) is 2.85. The molecule has 0 unspecified atom stereocenters. The van der Waals surface area contributed by atoms with Gasteiger partial charge in [0.25, 0.3) is 0 Å². The third kappa shape index (κ3) is 4.64. The quantitative estimate of drug-likeness (QED) is 0.359. The first kappa shape index (κ1) is 18.5. The molecule has 0 atom stereocenters. The van der Waals surface area contributed by atoms with Crippen molar-refractivity contribution in [1.29, 1.82) is 0 Å². The molecule has 1 aromatic carbocycles. The average molecular weight is 363 g/mol. The van der Waals surface area contributed by atoms with Crippen LogP contribution in [0.2, 0.25) is 0 Å². The number of hydrogen-bond donors (Lipinski definition) is 0. The summed E-state index contributed by atoms with van der Waals surface area (Å²) in [6, 6.07) is 14.5. The van der Waals surface area contributed by atoms with Crippen LogP contribution in [0.25, 0.3) is 6.08 Å². The monoisotopic (exact) mass is 363 g/mol. The number of carbonyl (C=O) groups is 2. The molecule has 0 spiro atoms. The van der Waals surface area contributed by atoms with Crippen LogP contribution in [0.15, 0.2) is 65.3 Å². The number of ether oxygens (including phenoxy) is 1. The van der Waals surface area contributed by atoms with Crippen LogP contribution in [0.3, 0.4) is 0 Å². The highest BCUT2D eigenvalue weighted by molar-refractivity contribution is 5.98. The van der Waals surface area contributed by atoms with Crippen molar-refractivity contribution in [3.63, 3.8) is 0 Å². The zero-order valence-corrected chi connectivity index (χ0v) is 15.3. The second kappa shape index (κ2) is 8.36. The van der Waals surface area contributed by atoms with Crippen molar-refractivity contribution in [3.05, 3.63) is 89.1 Å². The smallest absolute Gasteiger partial charge is 0.331 e. The normalized spacial score (nSPS) is 11.0. The summed E-state index contributed by atoms with van der Waals surface area (Å²) in [5.41, 5.74) is 3.53. The molecule has 5 heteroatoms. The lowest BCUT2D eigenvalue weighted by atomic mass is 10.1. The number of benzene rings is 1. The number of nitrogens with zero attached hydrogens (tertiary/aromatic N) is 1. The van der Waals surface area contributed by atoms with E-state index in [0.717, 1.165) is 22.7 Å². The summed E-state index contributed by atoms with van der Waals surface area (Å²) in [7, 11) is 0. The minimum Gasteiger partial charge on any atom is -0.467 e. The second-order valence-electron chi connectivity index (χ2n) is 6.22. The van der Waals surface area contributed by atoms with Crippen LogP contribution in [0.5, 0.6) is 0 Å². The van der Waals surface area contributed by atoms with Crippen molar-refractivity contribution in [3.8, 4) is 0 Å². The minimum atomic E-state index is -0.546. The molecule has 0 saturated heterocycles. The number of rotatable bonds is 7. The van der Waals surface area contributed by atoms with E-state index < -0.39 is 5.97 Å². The highest BCUT2D eigenvalue weighted by Gasteiger charge is 2.10. The van der Waals surface area contributed by atoms with Gasteiger partial charge in [-0.1, -0.05) is 30.3 Å². The topological polar surface area (TPSA) is 61.4 Å². The Labute approximate surface area is 157 Å². The van der Waals surface area contributed by atoms with Crippen LogP contribution in [-0.4, -0.2) is 22.9 Å². The van der Waals surface area contributed by atoms with Crippen molar-refractivity contribution >= 4 is 17.8 Å². The predicted molar refractivity (Wildman–Crippen MR) is 102 cm³/mol. The lowest BCUT2D eigenvalue weighted by Crippen LogP contribution is -2.12. The summed E-state index contributed by atoms with van der Waals surface area (Å²) in [6.45, 7) is 4.35. The number of aromatic nitrogens is 1. The van der Waals surface area contributed by atoms with E-state index >= 15 is 0 Å². The molecule has 0 radical (unpaired) electrons. The lowest BCUT2D eigenvalue weighted by molar-refractivity contribution is -0.136. The first-order valence-corrected chi connectivity index (χ1v) is 8.67. The first-order valence-electron chi connectivity index (χ1n) is 8.67. The SMILES string of the molecule is Cc1cc(/C=C/C(=O)OCC(=O)c2ccccc2)c(C)n1Cc1ccco1. The van der Waals surface area contributed by atoms with Crippen LogP contribution in [0.1, 0.15) is 33.1 Å². The molecule has 2 heterocycles. The molecule has 0 N–H and O–H groups in total. The molecule has 0 bridgehead atoms. The van der Waals surface area contributed by atoms with Gasteiger partial charge in [-0.2, -0.15) is 0 Å². The fraction of sp³-hybridized carbons (Fsp3) is 0.182. The second-order valence-corrected chi connectivity index (χ2v) is 6.22. The van der Waals surface area contributed by atoms with Gasteiger partial charge in [0.1, 0.15) is 5.76 Å². The predicted octanol–water partition coefficient (Wildman–Crippen LogP) is 4.19. The number of aryl methyl sites for hydroxylation is 1. The van der Waals surface area contributed by atoms with E-state index in [4.69, 9.17) is 9.15 Å². The van der Waals surface area contributed by atoms with Gasteiger partial charge in [0.2, 0.25) is 0 Å². The zero-order valence-electron chi connectivity index (χ0n) is 15.3. The van der Waals surface area contributed by atoms with Crippen molar-refractivity contribution in [2.75, 3.05) is 6.61 Å². The van der Waals surface area contributed by atoms with E-state index in [2.05, 4.69) is 4.57 Å². The molecule has 27 heavy (non-hydrogen) atoms. The summed E-state index contributed by atoms with van der Waals surface area (Å²) < 4.78 is 12.6. The number of esters is 1. The molecule has 3 aromatic rings. The Morgan fingerprint density at radius 1 is 1.11 bits per heavy atom. The number of ketones is 1. The van der Waals surface area contributed by atoms with Crippen molar-refractivity contribution in [1.82, 2.24) is 4.57 Å². The van der Waals surface area contributed by atoms with E-state index in [1.54, 1.807) is 36.6 Å². The van der Waals surface area contributed by atoms with Gasteiger partial charge < -0.3 is 13.7 Å². The van der Waals surface area contributed by atoms with Crippen LogP contribution >= 0.6 is 0 Å². The maximum absolute atomic E-state index is 12.0. The van der Waals surface area contributed by atoms with Gasteiger partial charge in [-0.05, 0) is 43.7 Å². The first-order chi connectivity index (χ1) is 13.0. The van der Waals surface area contributed by atoms with Gasteiger partial charge in [0, 0.05) is 23.0 Å². The molecule has 0 amide bonds. The summed E-state index contributed by atoms with van der Waals surface area (Å²) in [5.74, 6) is 0.0928. The lowest BCUT2D eigenvalue weighted by Gasteiger charge is -2.07. The van der Waals surface area contributed by atoms with Crippen LogP contribution in [-0.2, 0) is 16.1 Å². The Hall–Kier alpha value is -3.34. The molecule has 0 fully saturated rings. The Bertz CT molecular complexity index is 950. The fourth-order valence-corrected chi connectivity index (χ4v) is 2.85. The van der Waals surface area contributed by atoms with Crippen LogP contribution in [0.4, 0.5) is 0 Å². The van der Waals surface area contributed by atoms with Gasteiger partial charge in [0.05, 0.1) is 12.8 Å². The summed E-state index contributed by atoms with van der Waals surface area (Å²) >= 11 is 0. The summed E-state index contributed by atoms with van der Waals surface area (Å²) in [6.07, 6.45) is 4.70. The van der Waals surface area contributed by atoms with E-state index in [9.17, 15) is 9.59 Å². The molecule has 5 nitrogen and oxygen atoms in total. The Morgan fingerprint density at radius 2 is 1.89 bits per heavy atom. The van der Waals surface area contributed by atoms with Gasteiger partial charge in [-0.25, -0.2) is 4.79 Å². The highest BCUT2D eigenvalue weighted by atomic mass is 16.5. The maximum Gasteiger partial charge on any atom is 0.331 e. The van der Waals surface area contributed by atoms with Crippen LogP contribution in [0, 0.1) is 13.8 Å². The van der Waals surface area contributed by atoms with Gasteiger partial charge in [-0.15, -0.1) is 0 Å². The van der Waals surface area contributed by atoms with Gasteiger partial charge >= 0.3 is 5.97 Å². The third-order valence-electron chi connectivity index (χ3n) is 4.35. The summed E-state index contributed by atoms with van der Waals surface area (Å²) in [4.78, 5) is 23.9. The molecular weight excluding hydrogens is 342 g/mol. The average Bonchev–Trinajstić information content (AvgIpc) is 3.29. The van der Waals surface area contributed by atoms with E-state index in [0.29, 0.717) is 12.1 Å². The molecule has 0 aliphatic heterocycles. The van der Waals surface area contributed by atoms with Gasteiger partial charge in [0.15, 0.2) is 12.4 Å². The molecule has 2 aromatic heterocycles. The number of Topliss-reactive ketones (excluding diaryl/α,β-unsaturated/α-hetero) is 1. The number of hydrogen-bond acceptors (Lipinski definition) is 4. The Kier molecular flexibility index (Phi) is 5.71. The van der Waals surface area contributed by atoms with Crippen molar-refractivity contribution in [2.24, 2.45) is 0 Å². The van der Waals surface area contributed by atoms with Crippen molar-refractivity contribution in [2.45, 2.75) is 20.4 Å². The molecular formula is C22H21NO4. The molecule has 0 aliphatic carbocycles. The molecule has 3 rings (SSSR count). The van der Waals surface area contributed by atoms with Gasteiger partial charge in [-0.3, -0.25) is 4.79 Å². The van der Waals surface area contributed by atoms with Crippen LogP contribution < -0.4 is 0 Å². The molecule has 0 saturated carbocycles. The maximum atomic E-state index is 12.0. The number of furan rings is 1. The number of carbonyl (C=O) groups excluding carboxylic acids is 2. The molecule has 138 valence electrons. The summed E-state index contributed by atoms with van der Waals surface area (Å²) in [5, 5.41) is 0. The van der Waals surface area contributed by atoms with Crippen molar-refractivity contribution < 1.29 is 18.7 Å². The molecule has 0 aliphatic rings. The third-order valence-corrected chi connectivity index (χ3v) is 4.35. The van der Waals surface area contributed by atoms with E-state index in [-0.39, 0.29) is 12.4 Å². The standard InChI is InChI=1S/C22H21NO4/c1-16-13-19(17(2)23(16)14-20-9-6-12-26-20)10-11-22(25)27-15-21(24)18-7-4-3-5-8-18/h3-13H,14-15H2,1-2H3/b11-10+. The Morgan fingerprint density at radius 3 is 2.59 bits per heavy atom.